The summed E-state index contributed by atoms with van der Waals surface area (Å²) in [7, 11) is 0. The van der Waals surface area contributed by atoms with Gasteiger partial charge in [-0.25, -0.2) is 4.79 Å². The highest BCUT2D eigenvalue weighted by Crippen LogP contribution is 2.36. The molecule has 9 nitrogen and oxygen atoms in total. The summed E-state index contributed by atoms with van der Waals surface area (Å²) < 4.78 is 48.9. The fourth-order valence-corrected chi connectivity index (χ4v) is 3.67. The van der Waals surface area contributed by atoms with E-state index in [2.05, 4.69) is 16.2 Å². The third-order valence-corrected chi connectivity index (χ3v) is 5.19. The number of aryl methyl sites for hydroxylation is 2. The molecule has 2 saturated heterocycles. The second-order valence-corrected chi connectivity index (χ2v) is 8.12. The number of carboxylic acid groups (broad SMARTS) is 1. The van der Waals surface area contributed by atoms with Crippen LogP contribution in [0.3, 0.4) is 0 Å². The maximum atomic E-state index is 12.4. The Balaban J connectivity index is 0.000000383. The number of carbonyl (C=O) groups excluding carboxylic acids is 1. The molecule has 2 aromatic heterocycles. The van der Waals surface area contributed by atoms with Gasteiger partial charge in [-0.05, 0) is 31.4 Å². The molecule has 2 aliphatic rings. The summed E-state index contributed by atoms with van der Waals surface area (Å²) in [5.41, 5.74) is 2.62. The summed E-state index contributed by atoms with van der Waals surface area (Å²) in [5, 5.41) is 10.9. The number of carbonyl (C=O) groups is 2. The zero-order chi connectivity index (χ0) is 24.2. The molecule has 0 saturated carbocycles. The van der Waals surface area contributed by atoms with Crippen LogP contribution >= 0.6 is 0 Å². The number of likely N-dealkylation sites (tertiary alicyclic amines) is 1. The first kappa shape index (κ1) is 24.6. The number of hydrogen-bond donors (Lipinski definition) is 1. The van der Waals surface area contributed by atoms with Gasteiger partial charge in [-0.1, -0.05) is 11.2 Å². The Kier molecular flexibility index (Phi) is 7.38. The second-order valence-electron chi connectivity index (χ2n) is 8.12. The average Bonchev–Trinajstić information content (AvgIpc) is 3.16. The van der Waals surface area contributed by atoms with Crippen LogP contribution in [-0.4, -0.2) is 69.6 Å². The van der Waals surface area contributed by atoms with Crippen molar-refractivity contribution < 1.29 is 41.9 Å². The lowest BCUT2D eigenvalue weighted by atomic mass is 9.84. The Morgan fingerprint density at radius 2 is 1.97 bits per heavy atom. The zero-order valence-electron chi connectivity index (χ0n) is 18.1. The summed E-state index contributed by atoms with van der Waals surface area (Å²) >= 11 is 0. The normalized spacial score (nSPS) is 19.4. The van der Waals surface area contributed by atoms with Crippen molar-refractivity contribution >= 4 is 11.9 Å². The quantitative estimate of drug-likeness (QED) is 0.724. The van der Waals surface area contributed by atoms with Crippen molar-refractivity contribution in [2.24, 2.45) is 0 Å². The third-order valence-electron chi connectivity index (χ3n) is 5.19. The van der Waals surface area contributed by atoms with Crippen LogP contribution in [0.5, 0.6) is 0 Å². The number of aromatic nitrogens is 2. The van der Waals surface area contributed by atoms with Crippen molar-refractivity contribution in [3.63, 3.8) is 0 Å². The third kappa shape index (κ3) is 6.51. The smallest absolute Gasteiger partial charge is 0.475 e. The molecule has 1 spiro atoms. The van der Waals surface area contributed by atoms with E-state index in [1.807, 2.05) is 19.3 Å². The van der Waals surface area contributed by atoms with Crippen molar-refractivity contribution in [3.8, 4) is 0 Å². The van der Waals surface area contributed by atoms with Gasteiger partial charge in [0.05, 0.1) is 31.5 Å². The summed E-state index contributed by atoms with van der Waals surface area (Å²) in [6.45, 7) is 6.16. The number of amides is 1. The SMILES string of the molecule is Cc1cncc(COC2CCOC3(C2)CN(C(=O)c2cc(C)no2)C3)c1.O=C(O)C(F)(F)F. The number of hydrogen-bond acceptors (Lipinski definition) is 7. The van der Waals surface area contributed by atoms with Gasteiger partial charge in [0.25, 0.3) is 5.91 Å². The molecule has 2 aromatic rings. The van der Waals surface area contributed by atoms with E-state index < -0.39 is 12.1 Å². The minimum atomic E-state index is -5.08. The van der Waals surface area contributed by atoms with E-state index in [1.165, 1.54) is 0 Å². The molecule has 4 rings (SSSR count). The van der Waals surface area contributed by atoms with E-state index in [0.29, 0.717) is 32.0 Å². The largest absolute Gasteiger partial charge is 0.490 e. The van der Waals surface area contributed by atoms with E-state index in [1.54, 1.807) is 17.9 Å². The molecule has 1 atom stereocenters. The van der Waals surface area contributed by atoms with Gasteiger partial charge >= 0.3 is 12.1 Å². The lowest BCUT2D eigenvalue weighted by molar-refractivity contribution is -0.192. The van der Waals surface area contributed by atoms with Gasteiger partial charge in [0.1, 0.15) is 5.60 Å². The van der Waals surface area contributed by atoms with Crippen molar-refractivity contribution in [2.75, 3.05) is 19.7 Å². The standard InChI is InChI=1S/C19H23N3O4.C2HF3O2/c1-13-5-15(9-20-8-13)10-24-16-3-4-25-19(7-16)11-22(12-19)18(23)17-6-14(2)21-26-17;3-2(4,5)1(6)7/h5-6,8-9,16H,3-4,7,10-12H2,1-2H3;(H,6,7). The predicted octanol–water partition coefficient (Wildman–Crippen LogP) is 2.91. The van der Waals surface area contributed by atoms with E-state index in [4.69, 9.17) is 23.9 Å². The maximum Gasteiger partial charge on any atom is 0.490 e. The molecule has 0 radical (unpaired) electrons. The van der Waals surface area contributed by atoms with Gasteiger partial charge in [0.15, 0.2) is 0 Å². The molecular weight excluding hydrogens is 447 g/mol. The average molecular weight is 471 g/mol. The molecule has 33 heavy (non-hydrogen) atoms. The van der Waals surface area contributed by atoms with Crippen LogP contribution < -0.4 is 0 Å². The van der Waals surface area contributed by atoms with Crippen LogP contribution in [0.15, 0.2) is 29.0 Å². The number of pyridine rings is 1. The van der Waals surface area contributed by atoms with Gasteiger partial charge in [-0.2, -0.15) is 13.2 Å². The van der Waals surface area contributed by atoms with Gasteiger partial charge in [0, 0.05) is 31.5 Å². The first-order valence-electron chi connectivity index (χ1n) is 10.2. The van der Waals surface area contributed by atoms with Gasteiger partial charge in [-0.3, -0.25) is 9.78 Å². The zero-order valence-corrected chi connectivity index (χ0v) is 18.1. The molecule has 2 fully saturated rings. The van der Waals surface area contributed by atoms with Crippen molar-refractivity contribution in [1.82, 2.24) is 15.0 Å². The van der Waals surface area contributed by atoms with E-state index in [-0.39, 0.29) is 23.4 Å². The molecule has 1 unspecified atom stereocenters. The summed E-state index contributed by atoms with van der Waals surface area (Å²) in [6, 6.07) is 3.75. The number of halogens is 3. The summed E-state index contributed by atoms with van der Waals surface area (Å²) in [4.78, 5) is 27.2. The van der Waals surface area contributed by atoms with Crippen molar-refractivity contribution in [2.45, 2.75) is 51.2 Å². The Hall–Kier alpha value is -2.99. The Morgan fingerprint density at radius 3 is 2.55 bits per heavy atom. The van der Waals surface area contributed by atoms with Crippen molar-refractivity contribution in [1.29, 1.82) is 0 Å². The molecule has 1 N–H and O–H groups in total. The van der Waals surface area contributed by atoms with Crippen molar-refractivity contribution in [3.05, 3.63) is 47.1 Å². The monoisotopic (exact) mass is 471 g/mol. The van der Waals surface area contributed by atoms with Gasteiger partial charge in [-0.15, -0.1) is 0 Å². The molecule has 1 amide bonds. The first-order chi connectivity index (χ1) is 15.5. The van der Waals surface area contributed by atoms with Gasteiger partial charge in [0.2, 0.25) is 5.76 Å². The van der Waals surface area contributed by atoms with Crippen LogP contribution in [0.1, 0.15) is 40.2 Å². The number of aliphatic carboxylic acids is 1. The van der Waals surface area contributed by atoms with Crippen LogP contribution in [-0.2, 0) is 20.9 Å². The summed E-state index contributed by atoms with van der Waals surface area (Å²) in [5.74, 6) is -2.60. The van der Waals surface area contributed by atoms with Crippen LogP contribution in [0.4, 0.5) is 13.2 Å². The molecular formula is C21H24F3N3O6. The highest BCUT2D eigenvalue weighted by molar-refractivity contribution is 5.92. The number of ether oxygens (including phenoxy) is 2. The van der Waals surface area contributed by atoms with Crippen LogP contribution in [0.25, 0.3) is 0 Å². The molecule has 0 aliphatic carbocycles. The van der Waals surface area contributed by atoms with Crippen LogP contribution in [0.2, 0.25) is 0 Å². The molecule has 2 aliphatic heterocycles. The number of nitrogens with zero attached hydrogens (tertiary/aromatic N) is 3. The molecule has 12 heteroatoms. The van der Waals surface area contributed by atoms with Crippen LogP contribution in [0, 0.1) is 13.8 Å². The maximum absolute atomic E-state index is 12.4. The molecule has 4 heterocycles. The molecule has 0 bridgehead atoms. The fourth-order valence-electron chi connectivity index (χ4n) is 3.67. The Morgan fingerprint density at radius 1 is 1.27 bits per heavy atom. The highest BCUT2D eigenvalue weighted by Gasteiger charge is 2.50. The molecule has 0 aromatic carbocycles. The predicted molar refractivity (Wildman–Crippen MR) is 106 cm³/mol. The fraction of sp³-hybridized carbons (Fsp3) is 0.524. The second kappa shape index (κ2) is 9.87. The Labute approximate surface area is 187 Å². The number of carboxylic acids is 1. The number of rotatable bonds is 4. The summed E-state index contributed by atoms with van der Waals surface area (Å²) in [6.07, 6.45) is 0.393. The topological polar surface area (TPSA) is 115 Å². The number of alkyl halides is 3. The first-order valence-corrected chi connectivity index (χ1v) is 10.2. The minimum Gasteiger partial charge on any atom is -0.475 e. The lowest BCUT2D eigenvalue weighted by Crippen LogP contribution is -2.67. The van der Waals surface area contributed by atoms with E-state index in [0.717, 1.165) is 24.0 Å². The van der Waals surface area contributed by atoms with E-state index >= 15 is 0 Å². The van der Waals surface area contributed by atoms with E-state index in [9.17, 15) is 18.0 Å². The lowest BCUT2D eigenvalue weighted by Gasteiger charge is -2.52. The highest BCUT2D eigenvalue weighted by atomic mass is 19.4. The Bertz CT molecular complexity index is 988. The van der Waals surface area contributed by atoms with Gasteiger partial charge < -0.3 is 24.0 Å². The minimum absolute atomic E-state index is 0.131. The molecule has 180 valence electrons.